The van der Waals surface area contributed by atoms with E-state index in [1.54, 1.807) is 19.2 Å². The number of hydrogen-bond donors (Lipinski definition) is 2. The maximum absolute atomic E-state index is 13.6. The summed E-state index contributed by atoms with van der Waals surface area (Å²) in [6, 6.07) is 4.75. The van der Waals surface area contributed by atoms with Crippen LogP contribution in [0, 0.1) is 5.82 Å². The molecule has 0 aliphatic rings. The molecule has 0 amide bonds. The third-order valence-electron chi connectivity index (χ3n) is 2.35. The van der Waals surface area contributed by atoms with Crippen LogP contribution in [0.4, 0.5) is 4.39 Å². The average molecular weight is 257 g/mol. The van der Waals surface area contributed by atoms with Crippen LogP contribution in [0.25, 0.3) is 0 Å². The van der Waals surface area contributed by atoms with Crippen LogP contribution in [-0.4, -0.2) is 38.1 Å². The van der Waals surface area contributed by atoms with Gasteiger partial charge in [0.25, 0.3) is 0 Å². The van der Waals surface area contributed by atoms with Crippen molar-refractivity contribution >= 4 is 0 Å². The number of ether oxygens (including phenoxy) is 2. The highest BCUT2D eigenvalue weighted by molar-refractivity contribution is 5.34. The number of aliphatic hydroxyl groups is 1. The van der Waals surface area contributed by atoms with Crippen LogP contribution in [0.5, 0.6) is 5.75 Å². The topological polar surface area (TPSA) is 50.7 Å². The van der Waals surface area contributed by atoms with Crippen molar-refractivity contribution in [2.75, 3.05) is 26.9 Å². The summed E-state index contributed by atoms with van der Waals surface area (Å²) in [6.07, 6.45) is -0.757. The number of aliphatic hydroxyl groups excluding tert-OH is 1. The highest BCUT2D eigenvalue weighted by Crippen LogP contribution is 2.22. The summed E-state index contributed by atoms with van der Waals surface area (Å²) in [4.78, 5) is 0. The molecule has 0 saturated carbocycles. The van der Waals surface area contributed by atoms with E-state index in [0.29, 0.717) is 13.2 Å². The minimum Gasteiger partial charge on any atom is -0.487 e. The van der Waals surface area contributed by atoms with Crippen LogP contribution in [-0.2, 0) is 11.3 Å². The highest BCUT2D eigenvalue weighted by atomic mass is 19.1. The van der Waals surface area contributed by atoms with E-state index in [-0.39, 0.29) is 19.0 Å². The van der Waals surface area contributed by atoms with E-state index in [1.165, 1.54) is 6.07 Å². The van der Waals surface area contributed by atoms with Crippen LogP contribution in [0.3, 0.4) is 0 Å². The minimum absolute atomic E-state index is 0.0116. The number of rotatable bonds is 8. The summed E-state index contributed by atoms with van der Waals surface area (Å²) in [5.41, 5.74) is 0.723. The second-order valence-corrected chi connectivity index (χ2v) is 3.88. The summed E-state index contributed by atoms with van der Waals surface area (Å²) in [5, 5.41) is 12.5. The first kappa shape index (κ1) is 14.9. The molecule has 102 valence electrons. The number of benzene rings is 1. The Morgan fingerprint density at radius 2 is 2.17 bits per heavy atom. The fraction of sp³-hybridized carbons (Fsp3) is 0.538. The van der Waals surface area contributed by atoms with Gasteiger partial charge in [-0.1, -0.05) is 12.1 Å². The van der Waals surface area contributed by atoms with E-state index in [4.69, 9.17) is 9.47 Å². The van der Waals surface area contributed by atoms with E-state index < -0.39 is 11.9 Å². The molecule has 4 nitrogen and oxygen atoms in total. The Hall–Kier alpha value is -1.17. The molecular formula is C13H20FNO3. The smallest absolute Gasteiger partial charge is 0.165 e. The Morgan fingerprint density at radius 3 is 2.83 bits per heavy atom. The molecule has 2 N–H and O–H groups in total. The molecule has 0 fully saturated rings. The van der Waals surface area contributed by atoms with Gasteiger partial charge < -0.3 is 19.9 Å². The van der Waals surface area contributed by atoms with Crippen LogP contribution >= 0.6 is 0 Å². The van der Waals surface area contributed by atoms with Crippen molar-refractivity contribution in [3.63, 3.8) is 0 Å². The normalized spacial score (nSPS) is 12.4. The lowest BCUT2D eigenvalue weighted by molar-refractivity contribution is 0.0155. The fourth-order valence-corrected chi connectivity index (χ4v) is 1.53. The summed E-state index contributed by atoms with van der Waals surface area (Å²) >= 11 is 0. The van der Waals surface area contributed by atoms with E-state index in [1.807, 2.05) is 6.92 Å². The summed E-state index contributed by atoms with van der Waals surface area (Å²) < 4.78 is 24.0. The number of hydrogen-bond acceptors (Lipinski definition) is 4. The van der Waals surface area contributed by atoms with Crippen molar-refractivity contribution in [3.8, 4) is 5.75 Å². The second kappa shape index (κ2) is 8.02. The minimum atomic E-state index is -0.757. The molecule has 18 heavy (non-hydrogen) atoms. The third kappa shape index (κ3) is 4.60. The molecule has 1 rings (SSSR count). The Balaban J connectivity index is 2.59. The van der Waals surface area contributed by atoms with Crippen LogP contribution < -0.4 is 10.1 Å². The van der Waals surface area contributed by atoms with Crippen molar-refractivity contribution in [3.05, 3.63) is 29.6 Å². The Labute approximate surface area is 107 Å². The molecule has 1 aromatic carbocycles. The lowest BCUT2D eigenvalue weighted by Gasteiger charge is -2.15. The molecule has 1 unspecified atom stereocenters. The Bertz CT molecular complexity index is 360. The molecule has 0 spiro atoms. The molecular weight excluding hydrogens is 237 g/mol. The highest BCUT2D eigenvalue weighted by Gasteiger charge is 2.12. The van der Waals surface area contributed by atoms with E-state index in [2.05, 4.69) is 5.32 Å². The van der Waals surface area contributed by atoms with Gasteiger partial charge in [-0.2, -0.15) is 0 Å². The predicted octanol–water partition coefficient (Wildman–Crippen LogP) is 1.32. The molecule has 0 aliphatic heterocycles. The SMILES string of the molecule is CCOCC(O)COc1c(F)cccc1CNC. The van der Waals surface area contributed by atoms with Gasteiger partial charge in [0.15, 0.2) is 11.6 Å². The monoisotopic (exact) mass is 257 g/mol. The molecule has 0 heterocycles. The predicted molar refractivity (Wildman–Crippen MR) is 67.2 cm³/mol. The van der Waals surface area contributed by atoms with Crippen LogP contribution in [0.2, 0.25) is 0 Å². The van der Waals surface area contributed by atoms with Gasteiger partial charge >= 0.3 is 0 Å². The molecule has 1 aromatic rings. The summed E-state index contributed by atoms with van der Waals surface area (Å²) in [5.74, 6) is -0.242. The van der Waals surface area contributed by atoms with E-state index in [9.17, 15) is 9.50 Å². The van der Waals surface area contributed by atoms with Crippen LogP contribution in [0.15, 0.2) is 18.2 Å². The average Bonchev–Trinajstić information content (AvgIpc) is 2.36. The van der Waals surface area contributed by atoms with E-state index >= 15 is 0 Å². The van der Waals surface area contributed by atoms with Crippen molar-refractivity contribution in [2.24, 2.45) is 0 Å². The molecule has 0 aromatic heterocycles. The van der Waals surface area contributed by atoms with Gasteiger partial charge in [-0.25, -0.2) is 4.39 Å². The Kier molecular flexibility index (Phi) is 6.64. The first-order valence-electron chi connectivity index (χ1n) is 5.99. The standard InChI is InChI=1S/C13H20FNO3/c1-3-17-8-11(16)9-18-13-10(7-15-2)5-4-6-12(13)14/h4-6,11,15-16H,3,7-9H2,1-2H3. The second-order valence-electron chi connectivity index (χ2n) is 3.88. The lowest BCUT2D eigenvalue weighted by atomic mass is 10.2. The van der Waals surface area contributed by atoms with E-state index in [0.717, 1.165) is 5.56 Å². The van der Waals surface area contributed by atoms with Gasteiger partial charge in [-0.15, -0.1) is 0 Å². The maximum Gasteiger partial charge on any atom is 0.165 e. The largest absolute Gasteiger partial charge is 0.487 e. The number of halogens is 1. The maximum atomic E-state index is 13.6. The third-order valence-corrected chi connectivity index (χ3v) is 2.35. The van der Waals surface area contributed by atoms with Gasteiger partial charge in [0.1, 0.15) is 12.7 Å². The molecule has 5 heteroatoms. The van der Waals surface area contributed by atoms with Gasteiger partial charge in [0, 0.05) is 18.7 Å². The summed E-state index contributed by atoms with van der Waals surface area (Å²) in [7, 11) is 1.78. The van der Waals surface area contributed by atoms with Crippen molar-refractivity contribution in [1.29, 1.82) is 0 Å². The Morgan fingerprint density at radius 1 is 1.39 bits per heavy atom. The van der Waals surface area contributed by atoms with Crippen molar-refractivity contribution < 1.29 is 19.0 Å². The first-order chi connectivity index (χ1) is 8.69. The molecule has 1 atom stereocenters. The quantitative estimate of drug-likeness (QED) is 0.737. The number of para-hydroxylation sites is 1. The van der Waals surface area contributed by atoms with Gasteiger partial charge in [-0.3, -0.25) is 0 Å². The fourth-order valence-electron chi connectivity index (χ4n) is 1.53. The molecule has 0 radical (unpaired) electrons. The molecule has 0 bridgehead atoms. The first-order valence-corrected chi connectivity index (χ1v) is 5.99. The summed E-state index contributed by atoms with van der Waals surface area (Å²) in [6.45, 7) is 3.08. The molecule has 0 aliphatic carbocycles. The number of nitrogens with one attached hydrogen (secondary N) is 1. The zero-order valence-corrected chi connectivity index (χ0v) is 10.8. The van der Waals surface area contributed by atoms with Crippen molar-refractivity contribution in [1.82, 2.24) is 5.32 Å². The zero-order chi connectivity index (χ0) is 13.4. The van der Waals surface area contributed by atoms with Crippen LogP contribution in [0.1, 0.15) is 12.5 Å². The van der Waals surface area contributed by atoms with Gasteiger partial charge in [-0.05, 0) is 20.0 Å². The van der Waals surface area contributed by atoms with Crippen molar-refractivity contribution in [2.45, 2.75) is 19.6 Å². The zero-order valence-electron chi connectivity index (χ0n) is 10.8. The molecule has 0 saturated heterocycles. The van der Waals surface area contributed by atoms with Gasteiger partial charge in [0.2, 0.25) is 0 Å². The van der Waals surface area contributed by atoms with Gasteiger partial charge in [0.05, 0.1) is 6.61 Å². The lowest BCUT2D eigenvalue weighted by Crippen LogP contribution is -2.24.